The topological polar surface area (TPSA) is 48.5 Å². The van der Waals surface area contributed by atoms with E-state index in [4.69, 9.17) is 0 Å². The lowest BCUT2D eigenvalue weighted by molar-refractivity contribution is 0.358. The van der Waals surface area contributed by atoms with Crippen LogP contribution in [0.2, 0.25) is 0 Å². The van der Waals surface area contributed by atoms with E-state index in [0.29, 0.717) is 0 Å². The Labute approximate surface area is 95.8 Å². The normalized spacial score (nSPS) is 19.4. The zero-order valence-corrected chi connectivity index (χ0v) is 9.26. The van der Waals surface area contributed by atoms with Crippen molar-refractivity contribution < 1.29 is 0 Å². The summed E-state index contributed by atoms with van der Waals surface area (Å²) < 4.78 is 0. The minimum atomic E-state index is -0.561. The molecule has 3 nitrogen and oxygen atoms in total. The van der Waals surface area contributed by atoms with Crippen LogP contribution in [0, 0.1) is 11.3 Å². The van der Waals surface area contributed by atoms with E-state index in [1.54, 1.807) is 0 Å². The van der Waals surface area contributed by atoms with Crippen LogP contribution in [0.15, 0.2) is 40.6 Å². The molecule has 1 aromatic rings. The maximum Gasteiger partial charge on any atom is 0.167 e. The first-order chi connectivity index (χ1) is 7.85. The predicted molar refractivity (Wildman–Crippen MR) is 62.4 cm³/mol. The summed E-state index contributed by atoms with van der Waals surface area (Å²) in [6.07, 6.45) is 5.08. The molecule has 1 fully saturated rings. The summed E-state index contributed by atoms with van der Waals surface area (Å²) in [6, 6.07) is 11.9. The highest BCUT2D eigenvalue weighted by Crippen LogP contribution is 2.32. The van der Waals surface area contributed by atoms with Gasteiger partial charge in [0.2, 0.25) is 0 Å². The van der Waals surface area contributed by atoms with Gasteiger partial charge < -0.3 is 0 Å². The number of hydrogen-bond donors (Lipinski definition) is 0. The van der Waals surface area contributed by atoms with Gasteiger partial charge >= 0.3 is 0 Å². The Morgan fingerprint density at radius 3 is 2.38 bits per heavy atom. The van der Waals surface area contributed by atoms with Gasteiger partial charge in [0, 0.05) is 0 Å². The van der Waals surface area contributed by atoms with Gasteiger partial charge in [0.25, 0.3) is 0 Å². The summed E-state index contributed by atoms with van der Waals surface area (Å²) in [7, 11) is 0. The van der Waals surface area contributed by atoms with Crippen molar-refractivity contribution in [2.45, 2.75) is 37.6 Å². The highest BCUT2D eigenvalue weighted by molar-refractivity contribution is 5.35. The summed E-state index contributed by atoms with van der Waals surface area (Å²) in [4.78, 5) is 0. The molecule has 0 spiro atoms. The van der Waals surface area contributed by atoms with Crippen molar-refractivity contribution in [1.82, 2.24) is 0 Å². The van der Waals surface area contributed by atoms with E-state index in [1.807, 2.05) is 30.3 Å². The Morgan fingerprint density at radius 1 is 1.06 bits per heavy atom. The molecule has 82 valence electrons. The van der Waals surface area contributed by atoms with Gasteiger partial charge in [-0.1, -0.05) is 24.6 Å². The molecule has 0 atom stereocenters. The molecule has 1 aliphatic rings. The largest absolute Gasteiger partial charge is 0.196 e. The Morgan fingerprint density at radius 2 is 1.75 bits per heavy atom. The smallest absolute Gasteiger partial charge is 0.167 e. The second-order valence-electron chi connectivity index (χ2n) is 4.24. The third-order valence-electron chi connectivity index (χ3n) is 3.00. The summed E-state index contributed by atoms with van der Waals surface area (Å²) in [6.45, 7) is 0. The first kappa shape index (κ1) is 10.8. The number of nitrogens with zero attached hydrogens (tertiary/aromatic N) is 3. The average Bonchev–Trinajstić information content (AvgIpc) is 2.39. The van der Waals surface area contributed by atoms with Crippen LogP contribution in [0.3, 0.4) is 0 Å². The molecule has 0 bridgehead atoms. The molecular weight excluding hydrogens is 198 g/mol. The molecule has 0 saturated heterocycles. The molecule has 2 rings (SSSR count). The SMILES string of the molecule is N#CC1(N=Nc2ccccc2)CCCCC1. The fourth-order valence-corrected chi connectivity index (χ4v) is 2.02. The van der Waals surface area contributed by atoms with Crippen LogP contribution in [0.4, 0.5) is 5.69 Å². The van der Waals surface area contributed by atoms with Crippen LogP contribution in [0.25, 0.3) is 0 Å². The van der Waals surface area contributed by atoms with Crippen LogP contribution >= 0.6 is 0 Å². The lowest BCUT2D eigenvalue weighted by Crippen LogP contribution is -2.26. The van der Waals surface area contributed by atoms with Crippen molar-refractivity contribution in [3.63, 3.8) is 0 Å². The van der Waals surface area contributed by atoms with Crippen LogP contribution in [0.5, 0.6) is 0 Å². The van der Waals surface area contributed by atoms with Gasteiger partial charge in [-0.2, -0.15) is 15.5 Å². The maximum absolute atomic E-state index is 9.22. The molecule has 0 amide bonds. The van der Waals surface area contributed by atoms with Crippen LogP contribution in [-0.4, -0.2) is 5.54 Å². The van der Waals surface area contributed by atoms with Crippen molar-refractivity contribution in [1.29, 1.82) is 5.26 Å². The predicted octanol–water partition coefficient (Wildman–Crippen LogP) is 4.00. The van der Waals surface area contributed by atoms with Crippen molar-refractivity contribution >= 4 is 5.69 Å². The Hall–Kier alpha value is -1.69. The Bertz CT molecular complexity index is 397. The second-order valence-corrected chi connectivity index (χ2v) is 4.24. The third kappa shape index (κ3) is 2.46. The molecule has 0 heterocycles. The molecule has 1 aliphatic carbocycles. The molecular formula is C13H15N3. The lowest BCUT2D eigenvalue weighted by Gasteiger charge is -2.24. The van der Waals surface area contributed by atoms with Crippen molar-refractivity contribution in [2.75, 3.05) is 0 Å². The molecule has 16 heavy (non-hydrogen) atoms. The second kappa shape index (κ2) is 4.89. The number of rotatable bonds is 2. The van der Waals surface area contributed by atoms with E-state index in [9.17, 15) is 5.26 Å². The van der Waals surface area contributed by atoms with Crippen molar-refractivity contribution in [3.05, 3.63) is 30.3 Å². The third-order valence-corrected chi connectivity index (χ3v) is 3.00. The minimum Gasteiger partial charge on any atom is -0.196 e. The minimum absolute atomic E-state index is 0.561. The zero-order chi connectivity index (χ0) is 11.3. The van der Waals surface area contributed by atoms with E-state index in [1.165, 1.54) is 6.42 Å². The fraction of sp³-hybridized carbons (Fsp3) is 0.462. The molecule has 0 N–H and O–H groups in total. The van der Waals surface area contributed by atoms with E-state index in [-0.39, 0.29) is 0 Å². The molecule has 1 aromatic carbocycles. The first-order valence-electron chi connectivity index (χ1n) is 5.74. The van der Waals surface area contributed by atoms with Crippen LogP contribution in [0.1, 0.15) is 32.1 Å². The molecule has 0 unspecified atom stereocenters. The van der Waals surface area contributed by atoms with Gasteiger partial charge in [0.05, 0.1) is 11.8 Å². The number of nitriles is 1. The molecule has 0 aliphatic heterocycles. The summed E-state index contributed by atoms with van der Waals surface area (Å²) in [5.74, 6) is 0. The quantitative estimate of drug-likeness (QED) is 0.685. The highest BCUT2D eigenvalue weighted by atomic mass is 15.2. The van der Waals surface area contributed by atoms with Crippen LogP contribution < -0.4 is 0 Å². The zero-order valence-electron chi connectivity index (χ0n) is 9.26. The maximum atomic E-state index is 9.22. The van der Waals surface area contributed by atoms with Crippen molar-refractivity contribution in [3.8, 4) is 6.07 Å². The number of hydrogen-bond acceptors (Lipinski definition) is 3. The van der Waals surface area contributed by atoms with Gasteiger partial charge in [-0.3, -0.25) is 0 Å². The lowest BCUT2D eigenvalue weighted by atomic mass is 9.84. The Kier molecular flexibility index (Phi) is 3.31. The van der Waals surface area contributed by atoms with Crippen LogP contribution in [-0.2, 0) is 0 Å². The average molecular weight is 213 g/mol. The van der Waals surface area contributed by atoms with Crippen molar-refractivity contribution in [2.24, 2.45) is 10.2 Å². The van der Waals surface area contributed by atoms with Gasteiger partial charge in [-0.25, -0.2) is 0 Å². The standard InChI is InChI=1S/C13H15N3/c14-11-13(9-5-2-6-10-13)16-15-12-7-3-1-4-8-12/h1,3-4,7-8H,2,5-6,9-10H2. The molecule has 0 aromatic heterocycles. The fourth-order valence-electron chi connectivity index (χ4n) is 2.02. The molecule has 3 heteroatoms. The summed E-state index contributed by atoms with van der Waals surface area (Å²) in [5, 5.41) is 17.7. The van der Waals surface area contributed by atoms with Gasteiger partial charge in [0.1, 0.15) is 0 Å². The molecule has 0 radical (unpaired) electrons. The van der Waals surface area contributed by atoms with E-state index in [0.717, 1.165) is 31.4 Å². The Balaban J connectivity index is 2.13. The number of benzene rings is 1. The summed E-state index contributed by atoms with van der Waals surface area (Å²) >= 11 is 0. The monoisotopic (exact) mass is 213 g/mol. The number of azo groups is 1. The van der Waals surface area contributed by atoms with Gasteiger partial charge in [-0.05, 0) is 37.8 Å². The van der Waals surface area contributed by atoms with Gasteiger partial charge in [0.15, 0.2) is 5.54 Å². The van der Waals surface area contributed by atoms with Gasteiger partial charge in [-0.15, -0.1) is 0 Å². The summed E-state index contributed by atoms with van der Waals surface area (Å²) in [5.41, 5.74) is 0.261. The van der Waals surface area contributed by atoms with E-state index in [2.05, 4.69) is 16.3 Å². The van der Waals surface area contributed by atoms with E-state index < -0.39 is 5.54 Å². The highest BCUT2D eigenvalue weighted by Gasteiger charge is 2.31. The first-order valence-corrected chi connectivity index (χ1v) is 5.74. The molecule has 1 saturated carbocycles. The van der Waals surface area contributed by atoms with E-state index >= 15 is 0 Å².